The topological polar surface area (TPSA) is 11.4 Å². The van der Waals surface area contributed by atoms with Gasteiger partial charge in [0.25, 0.3) is 0 Å². The molecule has 4 aliphatic rings. The van der Waals surface area contributed by atoms with Gasteiger partial charge < -0.3 is 14.4 Å². The van der Waals surface area contributed by atoms with Crippen LogP contribution in [0.15, 0.2) is 248 Å². The van der Waals surface area contributed by atoms with Gasteiger partial charge in [-0.2, -0.15) is 0 Å². The Morgan fingerprint density at radius 2 is 0.640 bits per heavy atom. The van der Waals surface area contributed by atoms with Gasteiger partial charge in [0.2, 0.25) is 0 Å². The minimum Gasteiger partial charge on any atom is -0.310 e. The van der Waals surface area contributed by atoms with Gasteiger partial charge in [-0.25, -0.2) is 0 Å². The van der Waals surface area contributed by atoms with Crippen molar-refractivity contribution in [3.8, 4) is 61.3 Å². The van der Waals surface area contributed by atoms with Gasteiger partial charge >= 0.3 is 0 Å². The third-order valence-corrected chi connectivity index (χ3v) is 21.4. The van der Waals surface area contributed by atoms with Crippen LogP contribution in [0.25, 0.3) is 82.4 Å². The number of thiophene rings is 1. The van der Waals surface area contributed by atoms with Crippen LogP contribution in [0.5, 0.6) is 0 Å². The average molecular weight is 1120 g/mol. The maximum Gasteiger partial charge on any atom is 0.0648 e. The van der Waals surface area contributed by atoms with Gasteiger partial charge in [-0.3, -0.25) is 0 Å². The fourth-order valence-corrected chi connectivity index (χ4v) is 16.9. The van der Waals surface area contributed by atoms with Gasteiger partial charge in [0.15, 0.2) is 0 Å². The van der Waals surface area contributed by atoms with Crippen LogP contribution in [0.3, 0.4) is 0 Å². The zero-order chi connectivity index (χ0) is 58.2. The summed E-state index contributed by atoms with van der Waals surface area (Å²) in [6.07, 6.45) is 0. The third kappa shape index (κ3) is 7.14. The highest BCUT2D eigenvalue weighted by Crippen LogP contribution is 2.57. The van der Waals surface area contributed by atoms with E-state index in [1.807, 2.05) is 11.3 Å². The second-order valence-corrected chi connectivity index (χ2v) is 27.5. The van der Waals surface area contributed by atoms with E-state index in [0.29, 0.717) is 0 Å². The van der Waals surface area contributed by atoms with Crippen LogP contribution in [0.4, 0.5) is 34.1 Å². The SMILES string of the molecule is CC1(C)c2ccccc2-c2ccc(N(c3cc(-c4ccc5c(c4)c4sccc4n5-c4ccccc4)cc(N(c4ccc5c(c4)C(C)(C)c4ccccc4-5)c4ccc5c(c4)C(C)(C)c4ccccc4-5)c3)c3ccc4c(c3)C(C)(C)c3ccccc3-4)cc21. The van der Waals surface area contributed by atoms with Crippen LogP contribution in [-0.2, 0) is 21.7 Å². The molecule has 13 aromatic rings. The Morgan fingerprint density at radius 1 is 0.279 bits per heavy atom. The molecule has 0 amide bonds. The second-order valence-electron chi connectivity index (χ2n) is 26.5. The van der Waals surface area contributed by atoms with E-state index in [4.69, 9.17) is 0 Å². The monoisotopic (exact) mass is 1120 g/mol. The molecule has 11 aromatic carbocycles. The Bertz CT molecular complexity index is 4570. The van der Waals surface area contributed by atoms with Crippen molar-refractivity contribution in [2.24, 2.45) is 0 Å². The maximum atomic E-state index is 2.57. The summed E-state index contributed by atoms with van der Waals surface area (Å²) in [6, 6.07) is 92.8. The molecule has 0 fully saturated rings. The number of nitrogens with zero attached hydrogens (tertiary/aromatic N) is 3. The molecule has 414 valence electrons. The number of hydrogen-bond acceptors (Lipinski definition) is 3. The van der Waals surface area contributed by atoms with Crippen molar-refractivity contribution < 1.29 is 0 Å². The minimum absolute atomic E-state index is 0.209. The van der Waals surface area contributed by atoms with Crippen LogP contribution in [0.1, 0.15) is 99.9 Å². The molecule has 2 aromatic heterocycles. The van der Waals surface area contributed by atoms with Crippen LogP contribution in [0, 0.1) is 0 Å². The van der Waals surface area contributed by atoms with Crippen LogP contribution >= 0.6 is 11.3 Å². The molecule has 0 saturated heterocycles. The Hall–Kier alpha value is -9.48. The number of benzene rings is 11. The van der Waals surface area contributed by atoms with Gasteiger partial charge in [-0.1, -0.05) is 201 Å². The van der Waals surface area contributed by atoms with E-state index in [-0.39, 0.29) is 21.7 Å². The lowest BCUT2D eigenvalue weighted by atomic mass is 9.82. The summed E-state index contributed by atoms with van der Waals surface area (Å²) in [5.41, 5.74) is 33.0. The molecule has 0 radical (unpaired) electrons. The number of rotatable bonds is 8. The maximum absolute atomic E-state index is 2.57. The van der Waals surface area contributed by atoms with E-state index >= 15 is 0 Å². The van der Waals surface area contributed by atoms with Gasteiger partial charge in [0, 0.05) is 66.9 Å². The predicted octanol–water partition coefficient (Wildman–Crippen LogP) is 22.7. The average Bonchev–Trinajstić information content (AvgIpc) is 2.09. The zero-order valence-electron chi connectivity index (χ0n) is 49.9. The molecular weight excluding hydrogens is 1060 g/mol. The summed E-state index contributed by atoms with van der Waals surface area (Å²) in [7, 11) is 0. The molecule has 4 aliphatic carbocycles. The molecule has 0 saturated carbocycles. The summed E-state index contributed by atoms with van der Waals surface area (Å²) in [5, 5.41) is 3.49. The van der Waals surface area contributed by atoms with E-state index in [9.17, 15) is 0 Å². The van der Waals surface area contributed by atoms with Crippen molar-refractivity contribution in [3.05, 3.63) is 293 Å². The van der Waals surface area contributed by atoms with Crippen molar-refractivity contribution in [3.63, 3.8) is 0 Å². The first kappa shape index (κ1) is 51.0. The highest BCUT2D eigenvalue weighted by atomic mass is 32.1. The molecule has 0 atom stereocenters. The number of fused-ring (bicyclic) bond motifs is 15. The molecule has 17 rings (SSSR count). The van der Waals surface area contributed by atoms with Crippen LogP contribution < -0.4 is 9.80 Å². The number of aromatic nitrogens is 1. The number of para-hydroxylation sites is 1. The van der Waals surface area contributed by atoms with Gasteiger partial charge in [-0.05, 0) is 203 Å². The van der Waals surface area contributed by atoms with E-state index in [0.717, 1.165) is 50.9 Å². The molecular formula is C82H65N3S. The van der Waals surface area contributed by atoms with Crippen molar-refractivity contribution in [2.45, 2.75) is 77.0 Å². The summed E-state index contributed by atoms with van der Waals surface area (Å²) in [4.78, 5) is 5.13. The van der Waals surface area contributed by atoms with Crippen molar-refractivity contribution in [1.29, 1.82) is 0 Å². The van der Waals surface area contributed by atoms with Crippen molar-refractivity contribution in [1.82, 2.24) is 4.57 Å². The van der Waals surface area contributed by atoms with E-state index in [2.05, 4.69) is 318 Å². The standard InChI is InChI=1S/C82H65N3S/c1-79(2)68-26-16-12-22-59(68)63-35-31-53(46-72(63)79)83(54-32-36-64-60-23-13-17-27-69(60)80(3,4)73(64)47-54)57-42-51(50-30-39-76-67(44-50)78-77(40-41-86-78)85(76)52-20-10-9-11-21-52)43-58(45-57)84(55-33-37-65-61-24-14-18-28-70(61)81(5,6)74(65)48-55)56-34-38-66-62-25-15-19-29-71(62)82(7,8)75(66)49-56/h9-49H,1-8H3. The lowest BCUT2D eigenvalue weighted by Crippen LogP contribution is -2.19. The zero-order valence-corrected chi connectivity index (χ0v) is 50.7. The molecule has 0 aliphatic heterocycles. The first-order chi connectivity index (χ1) is 41.7. The highest BCUT2D eigenvalue weighted by molar-refractivity contribution is 7.18. The van der Waals surface area contributed by atoms with Crippen molar-refractivity contribution >= 4 is 66.6 Å². The summed E-state index contributed by atoms with van der Waals surface area (Å²) < 4.78 is 3.72. The Kier molecular flexibility index (Phi) is 10.7. The molecule has 86 heavy (non-hydrogen) atoms. The number of hydrogen-bond donors (Lipinski definition) is 0. The van der Waals surface area contributed by atoms with E-state index in [1.165, 1.54) is 110 Å². The summed E-state index contributed by atoms with van der Waals surface area (Å²) in [6.45, 7) is 19.2. The Labute approximate surface area is 508 Å². The lowest BCUT2D eigenvalue weighted by molar-refractivity contribution is 0.659. The lowest BCUT2D eigenvalue weighted by Gasteiger charge is -2.33. The Balaban J connectivity index is 0.947. The second kappa shape index (κ2) is 18.0. The third-order valence-electron chi connectivity index (χ3n) is 20.4. The van der Waals surface area contributed by atoms with Gasteiger partial charge in [-0.15, -0.1) is 11.3 Å². The van der Waals surface area contributed by atoms with Crippen LogP contribution in [-0.4, -0.2) is 4.57 Å². The molecule has 0 N–H and O–H groups in total. The minimum atomic E-state index is -0.209. The van der Waals surface area contributed by atoms with E-state index in [1.54, 1.807) is 0 Å². The molecule has 0 unspecified atom stereocenters. The summed E-state index contributed by atoms with van der Waals surface area (Å²) in [5.74, 6) is 0. The molecule has 4 heteroatoms. The molecule has 2 heterocycles. The first-order valence-corrected chi connectivity index (χ1v) is 31.3. The van der Waals surface area contributed by atoms with Crippen LogP contribution in [0.2, 0.25) is 0 Å². The fourth-order valence-electron chi connectivity index (χ4n) is 16.0. The molecule has 0 spiro atoms. The normalized spacial score (nSPS) is 15.3. The predicted molar refractivity (Wildman–Crippen MR) is 364 cm³/mol. The molecule has 3 nitrogen and oxygen atoms in total. The van der Waals surface area contributed by atoms with Crippen molar-refractivity contribution in [2.75, 3.05) is 9.80 Å². The number of anilines is 6. The first-order valence-electron chi connectivity index (χ1n) is 30.5. The van der Waals surface area contributed by atoms with E-state index < -0.39 is 0 Å². The summed E-state index contributed by atoms with van der Waals surface area (Å²) >= 11 is 1.82. The Morgan fingerprint density at radius 3 is 1.03 bits per heavy atom. The highest BCUT2D eigenvalue weighted by Gasteiger charge is 2.41. The van der Waals surface area contributed by atoms with Gasteiger partial charge in [0.05, 0.1) is 15.7 Å². The fraction of sp³-hybridized carbons (Fsp3) is 0.146. The largest absolute Gasteiger partial charge is 0.310 e. The molecule has 0 bridgehead atoms. The quantitative estimate of drug-likeness (QED) is 0.150. The smallest absolute Gasteiger partial charge is 0.0648 e. The van der Waals surface area contributed by atoms with Gasteiger partial charge in [0.1, 0.15) is 0 Å².